The lowest BCUT2D eigenvalue weighted by Crippen LogP contribution is -2.24. The van der Waals surface area contributed by atoms with Crippen molar-refractivity contribution in [3.8, 4) is 11.5 Å². The van der Waals surface area contributed by atoms with E-state index in [9.17, 15) is 9.00 Å². The van der Waals surface area contributed by atoms with Crippen LogP contribution in [0, 0.1) is 0 Å². The number of rotatable bonds is 9. The predicted molar refractivity (Wildman–Crippen MR) is 95.3 cm³/mol. The van der Waals surface area contributed by atoms with E-state index in [1.807, 2.05) is 30.3 Å². The molecular formula is C18H21NO4S. The molecule has 0 spiro atoms. The van der Waals surface area contributed by atoms with E-state index in [-0.39, 0.29) is 0 Å². The van der Waals surface area contributed by atoms with Crippen molar-refractivity contribution in [2.75, 3.05) is 31.4 Å². The summed E-state index contributed by atoms with van der Waals surface area (Å²) in [6, 6.07) is 14.7. The highest BCUT2D eigenvalue weighted by Crippen LogP contribution is 2.36. The fourth-order valence-corrected chi connectivity index (χ4v) is 3.47. The third kappa shape index (κ3) is 4.35. The fraction of sp³-hybridized carbons (Fsp3) is 0.278. The van der Waals surface area contributed by atoms with Crippen LogP contribution in [0.2, 0.25) is 0 Å². The average molecular weight is 347 g/mol. The van der Waals surface area contributed by atoms with E-state index in [1.165, 1.54) is 7.11 Å². The Morgan fingerprint density at radius 1 is 1.04 bits per heavy atom. The summed E-state index contributed by atoms with van der Waals surface area (Å²) in [6.45, 7) is 0.450. The number of benzene rings is 2. The molecular weight excluding hydrogens is 326 g/mol. The lowest BCUT2D eigenvalue weighted by Gasteiger charge is -2.21. The van der Waals surface area contributed by atoms with Gasteiger partial charge in [-0.2, -0.15) is 0 Å². The molecule has 128 valence electrons. The van der Waals surface area contributed by atoms with Crippen molar-refractivity contribution in [3.63, 3.8) is 0 Å². The molecule has 0 fully saturated rings. The molecule has 0 bridgehead atoms. The first-order chi connectivity index (χ1) is 11.7. The van der Waals surface area contributed by atoms with Crippen LogP contribution in [0.25, 0.3) is 0 Å². The summed E-state index contributed by atoms with van der Waals surface area (Å²) < 4.78 is 22.9. The number of hydrogen-bond acceptors (Lipinski definition) is 4. The van der Waals surface area contributed by atoms with Crippen LogP contribution in [-0.4, -0.2) is 37.1 Å². The average Bonchev–Trinajstić information content (AvgIpc) is 2.65. The molecule has 1 atom stereocenters. The van der Waals surface area contributed by atoms with Gasteiger partial charge in [0.2, 0.25) is 6.41 Å². The highest BCUT2D eigenvalue weighted by molar-refractivity contribution is 7.85. The number of methoxy groups -OCH3 is 2. The molecule has 0 N–H and O–H groups in total. The van der Waals surface area contributed by atoms with Crippen LogP contribution in [0.1, 0.15) is 6.42 Å². The molecule has 0 heterocycles. The van der Waals surface area contributed by atoms with Crippen LogP contribution >= 0.6 is 0 Å². The van der Waals surface area contributed by atoms with Gasteiger partial charge in [-0.1, -0.05) is 24.3 Å². The minimum absolute atomic E-state index is 0.450. The predicted octanol–water partition coefficient (Wildman–Crippen LogP) is 2.86. The van der Waals surface area contributed by atoms with Gasteiger partial charge in [0.1, 0.15) is 0 Å². The van der Waals surface area contributed by atoms with E-state index in [0.29, 0.717) is 35.9 Å². The third-order valence-electron chi connectivity index (χ3n) is 3.55. The molecule has 1 amide bonds. The maximum absolute atomic E-state index is 12.2. The number of anilines is 1. The van der Waals surface area contributed by atoms with E-state index < -0.39 is 10.8 Å². The van der Waals surface area contributed by atoms with Crippen molar-refractivity contribution in [1.29, 1.82) is 0 Å². The van der Waals surface area contributed by atoms with Gasteiger partial charge in [0.05, 0.1) is 30.7 Å². The highest BCUT2D eigenvalue weighted by Gasteiger charge is 2.15. The standard InChI is InChI=1S/C18H21NO4S/c1-22-17-11-6-10-16(18(17)23-2)19(14-20)12-7-13-24(21)15-8-4-3-5-9-15/h3-6,8-11,14H,7,12-13H2,1-2H3. The number of hydrogen-bond donors (Lipinski definition) is 0. The highest BCUT2D eigenvalue weighted by atomic mass is 32.2. The molecule has 6 heteroatoms. The molecule has 0 radical (unpaired) electrons. The number of carbonyl (C=O) groups is 1. The minimum atomic E-state index is -1.07. The van der Waals surface area contributed by atoms with E-state index >= 15 is 0 Å². The van der Waals surface area contributed by atoms with E-state index in [2.05, 4.69) is 0 Å². The number of nitrogens with zero attached hydrogens (tertiary/aromatic N) is 1. The van der Waals surface area contributed by atoms with Crippen LogP contribution in [0.15, 0.2) is 53.4 Å². The largest absolute Gasteiger partial charge is 0.493 e. The molecule has 0 aromatic heterocycles. The molecule has 24 heavy (non-hydrogen) atoms. The van der Waals surface area contributed by atoms with Crippen molar-refractivity contribution in [2.45, 2.75) is 11.3 Å². The van der Waals surface area contributed by atoms with Gasteiger partial charge in [-0.15, -0.1) is 0 Å². The Hall–Kier alpha value is -2.34. The van der Waals surface area contributed by atoms with Crippen molar-refractivity contribution >= 4 is 22.9 Å². The summed E-state index contributed by atoms with van der Waals surface area (Å²) in [5.74, 6) is 1.56. The zero-order valence-electron chi connectivity index (χ0n) is 13.8. The van der Waals surface area contributed by atoms with Crippen LogP contribution in [0.4, 0.5) is 5.69 Å². The van der Waals surface area contributed by atoms with Gasteiger partial charge in [-0.3, -0.25) is 9.00 Å². The molecule has 5 nitrogen and oxygen atoms in total. The van der Waals surface area contributed by atoms with E-state index in [0.717, 1.165) is 11.3 Å². The molecule has 0 saturated heterocycles. The summed E-state index contributed by atoms with van der Waals surface area (Å²) in [7, 11) is 2.02. The second-order valence-electron chi connectivity index (χ2n) is 5.03. The Morgan fingerprint density at radius 2 is 1.79 bits per heavy atom. The summed E-state index contributed by atoms with van der Waals surface area (Å²) in [5.41, 5.74) is 0.636. The molecule has 1 unspecified atom stereocenters. The molecule has 2 aromatic carbocycles. The van der Waals surface area contributed by atoms with Crippen molar-refractivity contribution < 1.29 is 18.5 Å². The van der Waals surface area contributed by atoms with Crippen molar-refractivity contribution in [3.05, 3.63) is 48.5 Å². The number of para-hydroxylation sites is 1. The molecule has 0 aliphatic heterocycles. The SMILES string of the molecule is COc1cccc(N(C=O)CCCS(=O)c2ccccc2)c1OC. The zero-order valence-corrected chi connectivity index (χ0v) is 14.6. The van der Waals surface area contributed by atoms with Crippen LogP contribution in [0.5, 0.6) is 11.5 Å². The molecule has 0 aliphatic rings. The van der Waals surface area contributed by atoms with Gasteiger partial charge in [-0.25, -0.2) is 0 Å². The maximum Gasteiger partial charge on any atom is 0.214 e. The topological polar surface area (TPSA) is 55.8 Å². The van der Waals surface area contributed by atoms with Crippen molar-refractivity contribution in [1.82, 2.24) is 0 Å². The monoisotopic (exact) mass is 347 g/mol. The Kier molecular flexibility index (Phi) is 6.81. The number of amides is 1. The summed E-state index contributed by atoms with van der Waals surface area (Å²) >= 11 is 0. The summed E-state index contributed by atoms with van der Waals surface area (Å²) in [5, 5.41) is 0. The van der Waals surface area contributed by atoms with Gasteiger partial charge >= 0.3 is 0 Å². The van der Waals surface area contributed by atoms with Gasteiger partial charge < -0.3 is 14.4 Å². The fourth-order valence-electron chi connectivity index (χ4n) is 2.38. The van der Waals surface area contributed by atoms with E-state index in [1.54, 1.807) is 30.2 Å². The maximum atomic E-state index is 12.2. The first kappa shape index (κ1) is 18.0. The Labute approximate surface area is 144 Å². The molecule has 2 rings (SSSR count). The second-order valence-corrected chi connectivity index (χ2v) is 6.60. The molecule has 0 saturated carbocycles. The Balaban J connectivity index is 2.03. The summed E-state index contributed by atoms with van der Waals surface area (Å²) in [6.07, 6.45) is 1.36. The van der Waals surface area contributed by atoms with Crippen LogP contribution < -0.4 is 14.4 Å². The minimum Gasteiger partial charge on any atom is -0.493 e. The Bertz CT molecular complexity index is 691. The zero-order chi connectivity index (χ0) is 17.4. The van der Waals surface area contributed by atoms with E-state index in [4.69, 9.17) is 9.47 Å². The lowest BCUT2D eigenvalue weighted by atomic mass is 10.2. The number of carbonyl (C=O) groups excluding carboxylic acids is 1. The first-order valence-electron chi connectivity index (χ1n) is 7.57. The van der Waals surface area contributed by atoms with Crippen molar-refractivity contribution in [2.24, 2.45) is 0 Å². The quantitative estimate of drug-likeness (QED) is 0.655. The molecule has 0 aliphatic carbocycles. The van der Waals surface area contributed by atoms with Gasteiger partial charge in [0.25, 0.3) is 0 Å². The second kappa shape index (κ2) is 9.08. The number of ether oxygens (including phenoxy) is 2. The Morgan fingerprint density at radius 3 is 2.42 bits per heavy atom. The summed E-state index contributed by atoms with van der Waals surface area (Å²) in [4.78, 5) is 13.8. The lowest BCUT2D eigenvalue weighted by molar-refractivity contribution is -0.107. The van der Waals surface area contributed by atoms with Gasteiger partial charge in [0, 0.05) is 17.2 Å². The first-order valence-corrected chi connectivity index (χ1v) is 8.89. The van der Waals surface area contributed by atoms with Gasteiger partial charge in [0.15, 0.2) is 11.5 Å². The normalized spacial score (nSPS) is 11.6. The van der Waals surface area contributed by atoms with Gasteiger partial charge in [-0.05, 0) is 30.7 Å². The smallest absolute Gasteiger partial charge is 0.214 e. The third-order valence-corrected chi connectivity index (χ3v) is 5.01. The molecule has 2 aromatic rings. The van der Waals surface area contributed by atoms with Crippen LogP contribution in [-0.2, 0) is 15.6 Å². The van der Waals surface area contributed by atoms with Crippen LogP contribution in [0.3, 0.4) is 0 Å².